The summed E-state index contributed by atoms with van der Waals surface area (Å²) in [7, 11) is 0. The molecule has 1 N–H and O–H groups in total. The first-order valence-corrected chi connectivity index (χ1v) is 8.30. The van der Waals surface area contributed by atoms with Crippen LogP contribution in [0.1, 0.15) is 32.5 Å². The number of thioether (sulfide) groups is 1. The summed E-state index contributed by atoms with van der Waals surface area (Å²) in [6, 6.07) is 0. The van der Waals surface area contributed by atoms with E-state index >= 15 is 0 Å². The molecule has 0 saturated heterocycles. The third kappa shape index (κ3) is 4.78. The van der Waals surface area contributed by atoms with Gasteiger partial charge in [0.1, 0.15) is 12.2 Å². The van der Waals surface area contributed by atoms with Crippen molar-refractivity contribution in [3.05, 3.63) is 12.2 Å². The Balaban J connectivity index is 1.85. The number of nitrogens with zero attached hydrogens (tertiary/aromatic N) is 7. The van der Waals surface area contributed by atoms with E-state index in [2.05, 4.69) is 44.8 Å². The van der Waals surface area contributed by atoms with E-state index in [9.17, 15) is 0 Å². The molecule has 2 aromatic heterocycles. The second-order valence-corrected chi connectivity index (χ2v) is 5.57. The number of aryl methyl sites for hydroxylation is 1. The van der Waals surface area contributed by atoms with Crippen LogP contribution in [0.15, 0.2) is 11.5 Å². The highest BCUT2D eigenvalue weighted by Gasteiger charge is 2.10. The van der Waals surface area contributed by atoms with Crippen molar-refractivity contribution in [2.24, 2.45) is 0 Å². The van der Waals surface area contributed by atoms with Crippen molar-refractivity contribution in [3.8, 4) is 0 Å². The van der Waals surface area contributed by atoms with Gasteiger partial charge in [0.2, 0.25) is 5.16 Å². The number of rotatable bonds is 10. The summed E-state index contributed by atoms with van der Waals surface area (Å²) < 4.78 is 3.76. The molecule has 0 spiro atoms. The fourth-order valence-electron chi connectivity index (χ4n) is 1.85. The second kappa shape index (κ2) is 8.73. The van der Waals surface area contributed by atoms with Gasteiger partial charge in [-0.15, -0.1) is 5.10 Å². The van der Waals surface area contributed by atoms with Gasteiger partial charge in [-0.25, -0.2) is 14.3 Å². The molecule has 0 aromatic carbocycles. The minimum atomic E-state index is 0.725. The monoisotopic (exact) mass is 310 g/mol. The summed E-state index contributed by atoms with van der Waals surface area (Å²) in [4.78, 5) is 4.29. The highest BCUT2D eigenvalue weighted by atomic mass is 32.2. The molecule has 9 heteroatoms. The van der Waals surface area contributed by atoms with Gasteiger partial charge in [0.15, 0.2) is 0 Å². The van der Waals surface area contributed by atoms with Gasteiger partial charge in [0, 0.05) is 13.1 Å². The lowest BCUT2D eigenvalue weighted by Crippen LogP contribution is -2.21. The predicted molar refractivity (Wildman–Crippen MR) is 80.9 cm³/mol. The van der Waals surface area contributed by atoms with Crippen LogP contribution in [-0.2, 0) is 18.8 Å². The van der Waals surface area contributed by atoms with E-state index in [1.807, 2.05) is 9.36 Å². The van der Waals surface area contributed by atoms with Crippen molar-refractivity contribution in [1.82, 2.24) is 40.3 Å². The van der Waals surface area contributed by atoms with Crippen LogP contribution in [0, 0.1) is 0 Å². The molecule has 0 unspecified atom stereocenters. The lowest BCUT2D eigenvalue weighted by Gasteiger charge is -2.06. The average molecular weight is 310 g/mol. The van der Waals surface area contributed by atoms with E-state index in [4.69, 9.17) is 0 Å². The molecule has 2 aromatic rings. The van der Waals surface area contributed by atoms with Gasteiger partial charge in [-0.05, 0) is 29.8 Å². The Morgan fingerprint density at radius 3 is 2.86 bits per heavy atom. The standard InChI is InChI=1S/C12H22N8S/c1-3-5-13-6-8-20-12(16-17-18-20)21-9-11-14-10-15-19(11)7-4-2/h10,13H,3-9H2,1-2H3. The van der Waals surface area contributed by atoms with Crippen LogP contribution in [0.4, 0.5) is 0 Å². The Bertz CT molecular complexity index is 523. The van der Waals surface area contributed by atoms with E-state index in [1.165, 1.54) is 0 Å². The highest BCUT2D eigenvalue weighted by molar-refractivity contribution is 7.98. The summed E-state index contributed by atoms with van der Waals surface area (Å²) in [5, 5.41) is 20.2. The largest absolute Gasteiger partial charge is 0.315 e. The van der Waals surface area contributed by atoms with Gasteiger partial charge in [-0.1, -0.05) is 25.6 Å². The molecule has 0 aliphatic heterocycles. The lowest BCUT2D eigenvalue weighted by atomic mass is 10.5. The summed E-state index contributed by atoms with van der Waals surface area (Å²) in [5.74, 6) is 1.68. The third-order valence-corrected chi connectivity index (χ3v) is 3.84. The molecule has 2 heterocycles. The number of tetrazole rings is 1. The first kappa shape index (κ1) is 15.9. The van der Waals surface area contributed by atoms with E-state index in [-0.39, 0.29) is 0 Å². The Kier molecular flexibility index (Phi) is 6.61. The van der Waals surface area contributed by atoms with E-state index < -0.39 is 0 Å². The van der Waals surface area contributed by atoms with Crippen molar-refractivity contribution in [1.29, 1.82) is 0 Å². The smallest absolute Gasteiger partial charge is 0.209 e. The Morgan fingerprint density at radius 2 is 2.05 bits per heavy atom. The van der Waals surface area contributed by atoms with Crippen molar-refractivity contribution in [2.75, 3.05) is 13.1 Å². The quantitative estimate of drug-likeness (QED) is 0.517. The van der Waals surface area contributed by atoms with Crippen LogP contribution < -0.4 is 5.32 Å². The molecule has 8 nitrogen and oxygen atoms in total. The zero-order valence-electron chi connectivity index (χ0n) is 12.6. The molecule has 0 atom stereocenters. The number of hydrogen-bond donors (Lipinski definition) is 1. The molecule has 116 valence electrons. The fourth-order valence-corrected chi connectivity index (χ4v) is 2.71. The van der Waals surface area contributed by atoms with Crippen LogP contribution in [0.3, 0.4) is 0 Å². The first-order valence-electron chi connectivity index (χ1n) is 7.31. The highest BCUT2D eigenvalue weighted by Crippen LogP contribution is 2.18. The molecule has 0 saturated carbocycles. The molecular formula is C12H22N8S. The normalized spacial score (nSPS) is 11.1. The van der Waals surface area contributed by atoms with E-state index in [0.29, 0.717) is 0 Å². The third-order valence-electron chi connectivity index (χ3n) is 2.89. The summed E-state index contributed by atoms with van der Waals surface area (Å²) in [5.41, 5.74) is 0. The molecular weight excluding hydrogens is 288 g/mol. The molecule has 0 bridgehead atoms. The SMILES string of the molecule is CCCNCCn1nnnc1SCc1ncnn1CCC. The maximum Gasteiger partial charge on any atom is 0.209 e. The molecule has 0 aliphatic rings. The van der Waals surface area contributed by atoms with Crippen molar-refractivity contribution < 1.29 is 0 Å². The van der Waals surface area contributed by atoms with Gasteiger partial charge in [0.25, 0.3) is 0 Å². The topological polar surface area (TPSA) is 86.3 Å². The van der Waals surface area contributed by atoms with Gasteiger partial charge in [-0.2, -0.15) is 5.10 Å². The zero-order chi connectivity index (χ0) is 14.9. The minimum Gasteiger partial charge on any atom is -0.315 e. The number of nitrogens with one attached hydrogen (secondary N) is 1. The van der Waals surface area contributed by atoms with Crippen LogP contribution in [-0.4, -0.2) is 48.1 Å². The molecule has 2 rings (SSSR count). The van der Waals surface area contributed by atoms with Crippen molar-refractivity contribution in [2.45, 2.75) is 50.7 Å². The Labute approximate surface area is 128 Å². The minimum absolute atomic E-state index is 0.725. The summed E-state index contributed by atoms with van der Waals surface area (Å²) >= 11 is 1.59. The fraction of sp³-hybridized carbons (Fsp3) is 0.750. The van der Waals surface area contributed by atoms with Crippen LogP contribution in [0.5, 0.6) is 0 Å². The van der Waals surface area contributed by atoms with Crippen LogP contribution in [0.2, 0.25) is 0 Å². The van der Waals surface area contributed by atoms with Gasteiger partial charge >= 0.3 is 0 Å². The molecule has 0 fully saturated rings. The van der Waals surface area contributed by atoms with Crippen molar-refractivity contribution in [3.63, 3.8) is 0 Å². The zero-order valence-corrected chi connectivity index (χ0v) is 13.4. The predicted octanol–water partition coefficient (Wildman–Crippen LogP) is 0.966. The molecule has 21 heavy (non-hydrogen) atoms. The number of aromatic nitrogens is 7. The molecule has 0 radical (unpaired) electrons. The molecule has 0 amide bonds. The van der Waals surface area contributed by atoms with Crippen molar-refractivity contribution >= 4 is 11.8 Å². The van der Waals surface area contributed by atoms with Crippen LogP contribution in [0.25, 0.3) is 0 Å². The second-order valence-electron chi connectivity index (χ2n) is 4.62. The lowest BCUT2D eigenvalue weighted by molar-refractivity contribution is 0.510. The Hall–Kier alpha value is -1.48. The van der Waals surface area contributed by atoms with E-state index in [0.717, 1.165) is 55.8 Å². The number of hydrogen-bond acceptors (Lipinski definition) is 7. The van der Waals surface area contributed by atoms with E-state index in [1.54, 1.807) is 18.1 Å². The van der Waals surface area contributed by atoms with Gasteiger partial charge in [0.05, 0.1) is 12.3 Å². The Morgan fingerprint density at radius 1 is 1.14 bits per heavy atom. The summed E-state index contributed by atoms with van der Waals surface area (Å²) in [6.07, 6.45) is 3.77. The maximum absolute atomic E-state index is 4.29. The first-order chi connectivity index (χ1) is 10.3. The van der Waals surface area contributed by atoms with Crippen LogP contribution >= 0.6 is 11.8 Å². The van der Waals surface area contributed by atoms with Gasteiger partial charge in [-0.3, -0.25) is 0 Å². The molecule has 0 aliphatic carbocycles. The maximum atomic E-state index is 4.29. The summed E-state index contributed by atoms with van der Waals surface area (Å²) in [6.45, 7) is 7.84. The average Bonchev–Trinajstić information content (AvgIpc) is 3.11. The van der Waals surface area contributed by atoms with Gasteiger partial charge < -0.3 is 5.32 Å².